The molecule has 29 heavy (non-hydrogen) atoms. The fourth-order valence-corrected chi connectivity index (χ4v) is 4.48. The second-order valence-electron chi connectivity index (χ2n) is 6.96. The van der Waals surface area contributed by atoms with E-state index >= 15 is 0 Å². The maximum absolute atomic E-state index is 13.3. The van der Waals surface area contributed by atoms with Gasteiger partial charge in [0.25, 0.3) is 5.56 Å². The monoisotopic (exact) mass is 413 g/mol. The third kappa shape index (κ3) is 3.46. The molecule has 4 heterocycles. The van der Waals surface area contributed by atoms with Crippen molar-refractivity contribution in [3.8, 4) is 11.5 Å². The normalized spacial score (nSPS) is 15.4. The minimum atomic E-state index is -0.208. The fraction of sp³-hybridized carbons (Fsp3) is 0.350. The van der Waals surface area contributed by atoms with E-state index in [9.17, 15) is 9.59 Å². The Morgan fingerprint density at radius 2 is 1.97 bits per heavy atom. The van der Waals surface area contributed by atoms with E-state index in [0.717, 1.165) is 25.9 Å². The summed E-state index contributed by atoms with van der Waals surface area (Å²) in [6, 6.07) is 6.95. The van der Waals surface area contributed by atoms with Gasteiger partial charge in [0.05, 0.1) is 29.5 Å². The number of ether oxygens (including phenoxy) is 2. The van der Waals surface area contributed by atoms with Gasteiger partial charge < -0.3 is 18.8 Å². The third-order valence-corrected chi connectivity index (χ3v) is 6.05. The molecule has 0 radical (unpaired) electrons. The Bertz CT molecular complexity index is 1120. The lowest BCUT2D eigenvalue weighted by atomic mass is 10.2. The molecule has 5 rings (SSSR count). The van der Waals surface area contributed by atoms with E-state index in [1.165, 1.54) is 11.8 Å². The van der Waals surface area contributed by atoms with Crippen molar-refractivity contribution in [2.45, 2.75) is 24.5 Å². The number of carbonyl (C=O) groups excluding carboxylic acids is 1. The van der Waals surface area contributed by atoms with E-state index in [0.29, 0.717) is 33.3 Å². The summed E-state index contributed by atoms with van der Waals surface area (Å²) < 4.78 is 17.8. The number of likely N-dealkylation sites (tertiary alicyclic amines) is 1. The Morgan fingerprint density at radius 3 is 2.72 bits per heavy atom. The fourth-order valence-electron chi connectivity index (χ4n) is 3.58. The van der Waals surface area contributed by atoms with Crippen LogP contribution < -0.4 is 15.0 Å². The zero-order valence-electron chi connectivity index (χ0n) is 15.6. The molecule has 0 aliphatic carbocycles. The number of hydrogen-bond acceptors (Lipinski definition) is 7. The molecule has 0 spiro atoms. The van der Waals surface area contributed by atoms with Gasteiger partial charge in [0.1, 0.15) is 5.76 Å². The molecule has 0 N–H and O–H groups in total. The summed E-state index contributed by atoms with van der Waals surface area (Å²) in [5.74, 6) is 2.04. The summed E-state index contributed by atoms with van der Waals surface area (Å²) in [5, 5.41) is 0.918. The highest BCUT2D eigenvalue weighted by Crippen LogP contribution is 2.35. The van der Waals surface area contributed by atoms with Crippen LogP contribution in [0.1, 0.15) is 18.6 Å². The lowest BCUT2D eigenvalue weighted by Crippen LogP contribution is -2.30. The van der Waals surface area contributed by atoms with Crippen LogP contribution in [0.15, 0.2) is 44.9 Å². The van der Waals surface area contributed by atoms with Crippen LogP contribution >= 0.6 is 11.8 Å². The molecule has 150 valence electrons. The molecule has 2 aliphatic rings. The van der Waals surface area contributed by atoms with E-state index in [1.807, 2.05) is 4.90 Å². The van der Waals surface area contributed by atoms with Crippen molar-refractivity contribution in [1.29, 1.82) is 0 Å². The summed E-state index contributed by atoms with van der Waals surface area (Å²) in [5.41, 5.74) is 0.312. The van der Waals surface area contributed by atoms with Gasteiger partial charge in [-0.15, -0.1) is 0 Å². The van der Waals surface area contributed by atoms with Crippen molar-refractivity contribution >= 4 is 28.6 Å². The number of aromatic nitrogens is 2. The summed E-state index contributed by atoms with van der Waals surface area (Å²) in [4.78, 5) is 32.3. The van der Waals surface area contributed by atoms with Gasteiger partial charge in [-0.1, -0.05) is 11.8 Å². The predicted molar refractivity (Wildman–Crippen MR) is 106 cm³/mol. The van der Waals surface area contributed by atoms with Crippen molar-refractivity contribution in [1.82, 2.24) is 14.5 Å². The van der Waals surface area contributed by atoms with Crippen LogP contribution in [-0.2, 0) is 11.3 Å². The molecular weight excluding hydrogens is 394 g/mol. The lowest BCUT2D eigenvalue weighted by molar-refractivity contribution is -0.127. The maximum Gasteiger partial charge on any atom is 0.262 e. The molecular formula is C20H19N3O5S. The van der Waals surface area contributed by atoms with Gasteiger partial charge in [-0.25, -0.2) is 4.98 Å². The van der Waals surface area contributed by atoms with Gasteiger partial charge >= 0.3 is 0 Å². The molecule has 0 atom stereocenters. The van der Waals surface area contributed by atoms with Gasteiger partial charge in [-0.3, -0.25) is 14.2 Å². The molecule has 8 nitrogen and oxygen atoms in total. The molecule has 1 amide bonds. The molecule has 0 bridgehead atoms. The van der Waals surface area contributed by atoms with Crippen LogP contribution in [0.5, 0.6) is 11.5 Å². The first-order valence-electron chi connectivity index (χ1n) is 9.46. The Balaban J connectivity index is 1.53. The minimum absolute atomic E-state index is 0.0667. The molecule has 0 unspecified atom stereocenters. The molecule has 2 aliphatic heterocycles. The summed E-state index contributed by atoms with van der Waals surface area (Å²) in [6.45, 7) is 1.96. The van der Waals surface area contributed by atoms with Crippen LogP contribution in [0.4, 0.5) is 0 Å². The average molecular weight is 413 g/mol. The van der Waals surface area contributed by atoms with Crippen molar-refractivity contribution in [2.24, 2.45) is 0 Å². The van der Waals surface area contributed by atoms with E-state index < -0.39 is 0 Å². The topological polar surface area (TPSA) is 86.8 Å². The molecule has 1 fully saturated rings. The van der Waals surface area contributed by atoms with Crippen molar-refractivity contribution in [3.63, 3.8) is 0 Å². The highest BCUT2D eigenvalue weighted by atomic mass is 32.2. The van der Waals surface area contributed by atoms with Crippen LogP contribution in [0.2, 0.25) is 0 Å². The van der Waals surface area contributed by atoms with Crippen molar-refractivity contribution in [3.05, 3.63) is 46.6 Å². The number of thioether (sulfide) groups is 1. The van der Waals surface area contributed by atoms with E-state index in [1.54, 1.807) is 35.1 Å². The zero-order valence-corrected chi connectivity index (χ0v) is 16.4. The first kappa shape index (κ1) is 18.1. The Morgan fingerprint density at radius 1 is 1.17 bits per heavy atom. The number of hydrogen-bond donors (Lipinski definition) is 0. The van der Waals surface area contributed by atoms with E-state index in [4.69, 9.17) is 13.9 Å². The SMILES string of the molecule is O=C(CSc1nc2cc3c(cc2c(=O)n1Cc1ccco1)OCO3)N1CCCC1. The Labute approximate surface area is 170 Å². The van der Waals surface area contributed by atoms with Gasteiger partial charge in [-0.05, 0) is 31.0 Å². The Hall–Kier alpha value is -2.94. The van der Waals surface area contributed by atoms with Crippen LogP contribution in [0, 0.1) is 0 Å². The van der Waals surface area contributed by atoms with Crippen LogP contribution in [0.25, 0.3) is 10.9 Å². The Kier molecular flexibility index (Phi) is 4.67. The zero-order chi connectivity index (χ0) is 19.8. The predicted octanol–water partition coefficient (Wildman–Crippen LogP) is 2.48. The quantitative estimate of drug-likeness (QED) is 0.469. The average Bonchev–Trinajstić information content (AvgIpc) is 3.49. The highest BCUT2D eigenvalue weighted by molar-refractivity contribution is 7.99. The van der Waals surface area contributed by atoms with E-state index in [-0.39, 0.29) is 30.6 Å². The van der Waals surface area contributed by atoms with Gasteiger partial charge in [0, 0.05) is 19.2 Å². The van der Waals surface area contributed by atoms with Crippen LogP contribution in [0.3, 0.4) is 0 Å². The van der Waals surface area contributed by atoms with Gasteiger partial charge in [0.15, 0.2) is 16.7 Å². The first-order valence-corrected chi connectivity index (χ1v) is 10.4. The summed E-state index contributed by atoms with van der Waals surface area (Å²) in [6.07, 6.45) is 3.65. The summed E-state index contributed by atoms with van der Waals surface area (Å²) in [7, 11) is 0. The van der Waals surface area contributed by atoms with Gasteiger partial charge in [-0.2, -0.15) is 0 Å². The largest absolute Gasteiger partial charge is 0.467 e. The maximum atomic E-state index is 13.3. The number of fused-ring (bicyclic) bond motifs is 2. The lowest BCUT2D eigenvalue weighted by Gasteiger charge is -2.16. The summed E-state index contributed by atoms with van der Waals surface area (Å²) >= 11 is 1.27. The smallest absolute Gasteiger partial charge is 0.262 e. The number of benzene rings is 1. The second-order valence-corrected chi connectivity index (χ2v) is 7.91. The minimum Gasteiger partial charge on any atom is -0.467 e. The third-order valence-electron chi connectivity index (χ3n) is 5.09. The number of rotatable bonds is 5. The van der Waals surface area contributed by atoms with Crippen molar-refractivity contribution < 1.29 is 18.7 Å². The van der Waals surface area contributed by atoms with Gasteiger partial charge in [0.2, 0.25) is 12.7 Å². The first-order chi connectivity index (χ1) is 14.2. The molecule has 9 heteroatoms. The second kappa shape index (κ2) is 7.47. The number of amides is 1. The van der Waals surface area contributed by atoms with Crippen molar-refractivity contribution in [2.75, 3.05) is 25.6 Å². The van der Waals surface area contributed by atoms with E-state index in [2.05, 4.69) is 4.98 Å². The molecule has 1 aromatic carbocycles. The molecule has 2 aromatic heterocycles. The highest BCUT2D eigenvalue weighted by Gasteiger charge is 2.22. The molecule has 3 aromatic rings. The van der Waals surface area contributed by atoms with Crippen LogP contribution in [-0.4, -0.2) is 46.0 Å². The number of carbonyl (C=O) groups is 1. The molecule has 0 saturated carbocycles. The standard InChI is InChI=1S/C20H19N3O5S/c24-18(22-5-1-2-6-22)11-29-20-21-15-9-17-16(27-12-28-17)8-14(15)19(25)23(20)10-13-4-3-7-26-13/h3-4,7-9H,1-2,5-6,10-12H2. The molecule has 1 saturated heterocycles. The number of furan rings is 1. The number of nitrogens with zero attached hydrogens (tertiary/aromatic N) is 3.